The summed E-state index contributed by atoms with van der Waals surface area (Å²) < 4.78 is 0. The first-order chi connectivity index (χ1) is 8.35. The Morgan fingerprint density at radius 2 is 1.79 bits per heavy atom. The summed E-state index contributed by atoms with van der Waals surface area (Å²) in [6.07, 6.45) is 4.16. The summed E-state index contributed by atoms with van der Waals surface area (Å²) in [4.78, 5) is 3.80. The summed E-state index contributed by atoms with van der Waals surface area (Å²) in [5, 5.41) is 3.38. The van der Waals surface area contributed by atoms with E-state index in [4.69, 9.17) is 0 Å². The number of thioether (sulfide) groups is 1. The average molecular weight is 321 g/mol. The van der Waals surface area contributed by atoms with E-state index < -0.39 is 0 Å². The van der Waals surface area contributed by atoms with Crippen LogP contribution in [0.1, 0.15) is 11.6 Å². The van der Waals surface area contributed by atoms with Crippen molar-refractivity contribution in [1.29, 1.82) is 0 Å². The number of rotatable bonds is 4. The zero-order valence-corrected chi connectivity index (χ0v) is 13.6. The molecule has 0 spiro atoms. The fourth-order valence-electron chi connectivity index (χ4n) is 2.26. The van der Waals surface area contributed by atoms with E-state index in [0.29, 0.717) is 6.04 Å². The van der Waals surface area contributed by atoms with Crippen LogP contribution in [0.5, 0.6) is 0 Å². The summed E-state index contributed by atoms with van der Waals surface area (Å²) >= 11 is 1.78. The van der Waals surface area contributed by atoms with Gasteiger partial charge in [0.25, 0.3) is 0 Å². The molecule has 108 valence electrons. The lowest BCUT2D eigenvalue weighted by Crippen LogP contribution is -2.44. The van der Waals surface area contributed by atoms with Gasteiger partial charge in [-0.3, -0.25) is 4.90 Å². The molecular formula is C14H22Cl2N2S. The molecule has 0 amide bonds. The summed E-state index contributed by atoms with van der Waals surface area (Å²) in [7, 11) is 0. The molecule has 1 N–H and O–H groups in total. The van der Waals surface area contributed by atoms with Crippen molar-refractivity contribution in [2.45, 2.75) is 10.9 Å². The molecule has 0 bridgehead atoms. The summed E-state index contributed by atoms with van der Waals surface area (Å²) in [5.41, 5.74) is 1.35. The third-order valence-electron chi connectivity index (χ3n) is 3.23. The van der Waals surface area contributed by atoms with Crippen molar-refractivity contribution < 1.29 is 0 Å². The maximum absolute atomic E-state index is 3.99. The molecule has 1 aromatic carbocycles. The van der Waals surface area contributed by atoms with Crippen LogP contribution in [0.15, 0.2) is 41.8 Å². The summed E-state index contributed by atoms with van der Waals surface area (Å²) in [5.74, 6) is 0. The summed E-state index contributed by atoms with van der Waals surface area (Å²) in [6.45, 7) is 8.34. The highest BCUT2D eigenvalue weighted by Crippen LogP contribution is 2.24. The van der Waals surface area contributed by atoms with Crippen molar-refractivity contribution in [2.24, 2.45) is 0 Å². The molecule has 0 unspecified atom stereocenters. The van der Waals surface area contributed by atoms with Crippen LogP contribution in [0.25, 0.3) is 0 Å². The van der Waals surface area contributed by atoms with Gasteiger partial charge in [0.15, 0.2) is 0 Å². The minimum Gasteiger partial charge on any atom is -0.314 e. The van der Waals surface area contributed by atoms with Crippen LogP contribution in [-0.4, -0.2) is 37.3 Å². The first-order valence-corrected chi connectivity index (χ1v) is 7.29. The van der Waals surface area contributed by atoms with Crippen molar-refractivity contribution in [2.75, 3.05) is 32.4 Å². The van der Waals surface area contributed by atoms with Gasteiger partial charge in [-0.25, -0.2) is 0 Å². The van der Waals surface area contributed by atoms with E-state index in [-0.39, 0.29) is 24.8 Å². The van der Waals surface area contributed by atoms with Crippen molar-refractivity contribution in [3.63, 3.8) is 0 Å². The van der Waals surface area contributed by atoms with E-state index in [9.17, 15) is 0 Å². The molecule has 1 aliphatic heterocycles. The van der Waals surface area contributed by atoms with Crippen LogP contribution < -0.4 is 5.32 Å². The Bertz CT molecular complexity index is 364. The molecular weight excluding hydrogens is 299 g/mol. The third kappa shape index (κ3) is 5.01. The zero-order valence-electron chi connectivity index (χ0n) is 11.2. The lowest BCUT2D eigenvalue weighted by Gasteiger charge is -2.33. The number of hydrogen-bond acceptors (Lipinski definition) is 3. The van der Waals surface area contributed by atoms with Gasteiger partial charge in [0.1, 0.15) is 0 Å². The van der Waals surface area contributed by atoms with Gasteiger partial charge in [-0.2, -0.15) is 0 Å². The van der Waals surface area contributed by atoms with Crippen molar-refractivity contribution in [1.82, 2.24) is 10.2 Å². The van der Waals surface area contributed by atoms with E-state index in [0.717, 1.165) is 26.2 Å². The van der Waals surface area contributed by atoms with Crippen LogP contribution in [0, 0.1) is 0 Å². The number of piperazine rings is 1. The van der Waals surface area contributed by atoms with Crippen LogP contribution in [0.3, 0.4) is 0 Å². The fraction of sp³-hybridized carbons (Fsp3) is 0.429. The standard InChI is InChI=1S/C14H20N2S.2ClH/c1-3-14(16-10-8-15-9-11-16)12-4-6-13(17-2)7-5-12;;/h3-7,14-15H,1,8-11H2,2H3;2*1H/t14-;;/m0../s1. The Morgan fingerprint density at radius 1 is 1.21 bits per heavy atom. The highest BCUT2D eigenvalue weighted by molar-refractivity contribution is 7.98. The summed E-state index contributed by atoms with van der Waals surface area (Å²) in [6, 6.07) is 9.19. The van der Waals surface area contributed by atoms with Gasteiger partial charge in [-0.1, -0.05) is 18.2 Å². The molecule has 1 heterocycles. The second kappa shape index (κ2) is 9.67. The maximum atomic E-state index is 3.99. The molecule has 1 fully saturated rings. The number of hydrogen-bond donors (Lipinski definition) is 1. The van der Waals surface area contributed by atoms with Crippen LogP contribution in [0.4, 0.5) is 0 Å². The molecule has 0 saturated carbocycles. The highest BCUT2D eigenvalue weighted by Gasteiger charge is 2.18. The number of benzene rings is 1. The highest BCUT2D eigenvalue weighted by atomic mass is 35.5. The van der Waals surface area contributed by atoms with E-state index in [1.54, 1.807) is 11.8 Å². The van der Waals surface area contributed by atoms with E-state index in [2.05, 4.69) is 53.4 Å². The minimum absolute atomic E-state index is 0. The second-order valence-electron chi connectivity index (χ2n) is 4.24. The molecule has 5 heteroatoms. The maximum Gasteiger partial charge on any atom is 0.0529 e. The van der Waals surface area contributed by atoms with Crippen molar-refractivity contribution >= 4 is 36.6 Å². The number of nitrogens with one attached hydrogen (secondary N) is 1. The number of nitrogens with zero attached hydrogens (tertiary/aromatic N) is 1. The second-order valence-corrected chi connectivity index (χ2v) is 5.12. The lowest BCUT2D eigenvalue weighted by molar-refractivity contribution is 0.203. The Morgan fingerprint density at radius 3 is 2.26 bits per heavy atom. The Hall–Kier alpha value is -0.190. The Kier molecular flexibility index (Phi) is 9.58. The SMILES string of the molecule is C=C[C@@H](c1ccc(SC)cc1)N1CCNCC1.Cl.Cl. The molecule has 2 nitrogen and oxygen atoms in total. The lowest BCUT2D eigenvalue weighted by atomic mass is 10.0. The average Bonchev–Trinajstić information content (AvgIpc) is 2.42. The van der Waals surface area contributed by atoms with E-state index >= 15 is 0 Å². The van der Waals surface area contributed by atoms with Gasteiger partial charge < -0.3 is 5.32 Å². The first kappa shape index (κ1) is 18.8. The molecule has 1 saturated heterocycles. The smallest absolute Gasteiger partial charge is 0.0529 e. The van der Waals surface area contributed by atoms with Gasteiger partial charge >= 0.3 is 0 Å². The van der Waals surface area contributed by atoms with Crippen LogP contribution in [-0.2, 0) is 0 Å². The predicted molar refractivity (Wildman–Crippen MR) is 90.1 cm³/mol. The fourth-order valence-corrected chi connectivity index (χ4v) is 2.67. The molecule has 0 aromatic heterocycles. The zero-order chi connectivity index (χ0) is 12.1. The largest absolute Gasteiger partial charge is 0.314 e. The van der Waals surface area contributed by atoms with Gasteiger partial charge in [0.05, 0.1) is 6.04 Å². The predicted octanol–water partition coefficient (Wildman–Crippen LogP) is 3.38. The third-order valence-corrected chi connectivity index (χ3v) is 3.97. The van der Waals surface area contributed by atoms with Gasteiger partial charge in [-0.05, 0) is 24.0 Å². The molecule has 19 heavy (non-hydrogen) atoms. The van der Waals surface area contributed by atoms with Crippen molar-refractivity contribution in [3.05, 3.63) is 42.5 Å². The van der Waals surface area contributed by atoms with Gasteiger partial charge in [0, 0.05) is 31.1 Å². The van der Waals surface area contributed by atoms with Gasteiger partial charge in [0.2, 0.25) is 0 Å². The normalized spacial score (nSPS) is 16.9. The number of halogens is 2. The molecule has 1 aliphatic rings. The minimum atomic E-state index is 0. The Balaban J connectivity index is 0.00000162. The first-order valence-electron chi connectivity index (χ1n) is 6.06. The van der Waals surface area contributed by atoms with Gasteiger partial charge in [-0.15, -0.1) is 43.2 Å². The van der Waals surface area contributed by atoms with E-state index in [1.807, 2.05) is 0 Å². The quantitative estimate of drug-likeness (QED) is 0.676. The molecule has 0 aliphatic carbocycles. The van der Waals surface area contributed by atoms with Crippen molar-refractivity contribution in [3.8, 4) is 0 Å². The van der Waals surface area contributed by atoms with Crippen LogP contribution >= 0.6 is 36.6 Å². The van der Waals surface area contributed by atoms with Crippen LogP contribution in [0.2, 0.25) is 0 Å². The molecule has 1 aromatic rings. The topological polar surface area (TPSA) is 15.3 Å². The monoisotopic (exact) mass is 320 g/mol. The molecule has 1 atom stereocenters. The van der Waals surface area contributed by atoms with E-state index in [1.165, 1.54) is 10.5 Å². The molecule has 2 rings (SSSR count). The Labute approximate surface area is 132 Å². The molecule has 0 radical (unpaired) electrons.